The lowest BCUT2D eigenvalue weighted by Gasteiger charge is -2.21. The number of nitrogens with one attached hydrogen (secondary N) is 1. The molecule has 4 nitrogen and oxygen atoms in total. The minimum atomic E-state index is 0.191. The van der Waals surface area contributed by atoms with Crippen molar-refractivity contribution < 1.29 is 5.11 Å². The highest BCUT2D eigenvalue weighted by molar-refractivity contribution is 5.33. The number of piperidine rings is 1. The molecule has 1 aromatic rings. The molecule has 0 unspecified atom stereocenters. The molecule has 0 radical (unpaired) electrons. The maximum atomic E-state index is 9.10. The third kappa shape index (κ3) is 2.00. The van der Waals surface area contributed by atoms with Crippen LogP contribution < -0.4 is 5.32 Å². The molecule has 0 aromatic carbocycles. The SMILES string of the molecule is OCCn1nc([C@H]2CCCNC2)c2c1CCC2. The summed E-state index contributed by atoms with van der Waals surface area (Å²) in [6.07, 6.45) is 6.10. The number of aromatic nitrogens is 2. The van der Waals surface area contributed by atoms with Crippen LogP contribution in [0.15, 0.2) is 0 Å². The Bertz CT molecular complexity index is 394. The smallest absolute Gasteiger partial charge is 0.0703 e. The molecule has 1 aliphatic heterocycles. The van der Waals surface area contributed by atoms with E-state index in [1.54, 1.807) is 0 Å². The average molecular weight is 235 g/mol. The largest absolute Gasteiger partial charge is 0.394 e. The topological polar surface area (TPSA) is 50.1 Å². The highest BCUT2D eigenvalue weighted by Gasteiger charge is 2.27. The van der Waals surface area contributed by atoms with Crippen molar-refractivity contribution in [1.29, 1.82) is 0 Å². The first-order valence-electron chi connectivity index (χ1n) is 6.80. The molecular weight excluding hydrogens is 214 g/mol. The van der Waals surface area contributed by atoms with Crippen molar-refractivity contribution in [2.24, 2.45) is 0 Å². The van der Waals surface area contributed by atoms with Crippen LogP contribution >= 0.6 is 0 Å². The first-order chi connectivity index (χ1) is 8.40. The minimum Gasteiger partial charge on any atom is -0.394 e. The average Bonchev–Trinajstić information content (AvgIpc) is 2.94. The molecule has 4 heteroatoms. The molecule has 3 rings (SSSR count). The summed E-state index contributed by atoms with van der Waals surface area (Å²) in [7, 11) is 0. The van der Waals surface area contributed by atoms with Gasteiger partial charge in [0, 0.05) is 18.2 Å². The molecule has 17 heavy (non-hydrogen) atoms. The van der Waals surface area contributed by atoms with E-state index in [1.165, 1.54) is 42.6 Å². The molecule has 1 aliphatic carbocycles. The van der Waals surface area contributed by atoms with Gasteiger partial charge in [-0.2, -0.15) is 5.10 Å². The summed E-state index contributed by atoms with van der Waals surface area (Å²) in [5.74, 6) is 0.593. The molecule has 0 amide bonds. The Balaban J connectivity index is 1.90. The Morgan fingerprint density at radius 2 is 2.29 bits per heavy atom. The maximum Gasteiger partial charge on any atom is 0.0703 e. The molecule has 0 saturated carbocycles. The van der Waals surface area contributed by atoms with Crippen molar-refractivity contribution in [1.82, 2.24) is 15.1 Å². The molecular formula is C13H21N3O. The standard InChI is InChI=1S/C13H21N3O/c17-8-7-16-12-5-1-4-11(12)13(15-16)10-3-2-6-14-9-10/h10,14,17H,1-9H2/t10-/m0/s1. The van der Waals surface area contributed by atoms with E-state index in [4.69, 9.17) is 10.2 Å². The van der Waals surface area contributed by atoms with Crippen LogP contribution in [-0.2, 0) is 19.4 Å². The van der Waals surface area contributed by atoms with Gasteiger partial charge in [-0.3, -0.25) is 4.68 Å². The zero-order chi connectivity index (χ0) is 11.7. The summed E-state index contributed by atoms with van der Waals surface area (Å²) in [5.41, 5.74) is 4.20. The van der Waals surface area contributed by atoms with E-state index < -0.39 is 0 Å². The highest BCUT2D eigenvalue weighted by Crippen LogP contribution is 2.32. The molecule has 1 atom stereocenters. The van der Waals surface area contributed by atoms with Gasteiger partial charge in [0.2, 0.25) is 0 Å². The molecule has 2 heterocycles. The molecule has 1 saturated heterocycles. The quantitative estimate of drug-likeness (QED) is 0.816. The molecule has 0 spiro atoms. The lowest BCUT2D eigenvalue weighted by Crippen LogP contribution is -2.29. The van der Waals surface area contributed by atoms with Gasteiger partial charge in [0.25, 0.3) is 0 Å². The van der Waals surface area contributed by atoms with Crippen LogP contribution in [0.3, 0.4) is 0 Å². The van der Waals surface area contributed by atoms with Crippen molar-refractivity contribution in [2.45, 2.75) is 44.6 Å². The Labute approximate surface area is 102 Å². The van der Waals surface area contributed by atoms with E-state index in [0.717, 1.165) is 19.5 Å². The highest BCUT2D eigenvalue weighted by atomic mass is 16.3. The predicted molar refractivity (Wildman–Crippen MR) is 66.2 cm³/mol. The Hall–Kier alpha value is -0.870. The fraction of sp³-hybridized carbons (Fsp3) is 0.769. The normalized spacial score (nSPS) is 23.9. The first-order valence-corrected chi connectivity index (χ1v) is 6.80. The molecule has 1 aromatic heterocycles. The number of hydrogen-bond donors (Lipinski definition) is 2. The monoisotopic (exact) mass is 235 g/mol. The van der Waals surface area contributed by atoms with Crippen molar-refractivity contribution >= 4 is 0 Å². The van der Waals surface area contributed by atoms with Crippen molar-refractivity contribution in [2.75, 3.05) is 19.7 Å². The van der Waals surface area contributed by atoms with Crippen LogP contribution in [0.25, 0.3) is 0 Å². The van der Waals surface area contributed by atoms with Crippen molar-refractivity contribution in [3.05, 3.63) is 17.0 Å². The summed E-state index contributed by atoms with van der Waals surface area (Å²) in [5, 5.41) is 17.3. The van der Waals surface area contributed by atoms with E-state index in [2.05, 4.69) is 5.32 Å². The van der Waals surface area contributed by atoms with Crippen LogP contribution in [0.5, 0.6) is 0 Å². The second-order valence-corrected chi connectivity index (χ2v) is 5.15. The number of fused-ring (bicyclic) bond motifs is 1. The Kier molecular flexibility index (Phi) is 3.16. The van der Waals surface area contributed by atoms with Gasteiger partial charge < -0.3 is 10.4 Å². The zero-order valence-corrected chi connectivity index (χ0v) is 10.3. The summed E-state index contributed by atoms with van der Waals surface area (Å²) < 4.78 is 2.05. The van der Waals surface area contributed by atoms with Gasteiger partial charge in [0.15, 0.2) is 0 Å². The van der Waals surface area contributed by atoms with Gasteiger partial charge in [-0.25, -0.2) is 0 Å². The number of rotatable bonds is 3. The van der Waals surface area contributed by atoms with E-state index in [1.807, 2.05) is 4.68 Å². The van der Waals surface area contributed by atoms with Gasteiger partial charge in [-0.05, 0) is 44.2 Å². The third-order valence-electron chi connectivity index (χ3n) is 4.03. The number of nitrogens with zero attached hydrogens (tertiary/aromatic N) is 2. The number of hydrogen-bond acceptors (Lipinski definition) is 3. The fourth-order valence-electron chi connectivity index (χ4n) is 3.23. The van der Waals surface area contributed by atoms with Gasteiger partial charge >= 0.3 is 0 Å². The summed E-state index contributed by atoms with van der Waals surface area (Å²) in [6.45, 7) is 3.07. The summed E-state index contributed by atoms with van der Waals surface area (Å²) >= 11 is 0. The van der Waals surface area contributed by atoms with Crippen molar-refractivity contribution in [3.8, 4) is 0 Å². The van der Waals surface area contributed by atoms with Crippen LogP contribution in [0.4, 0.5) is 0 Å². The summed E-state index contributed by atoms with van der Waals surface area (Å²) in [6, 6.07) is 0. The number of aliphatic hydroxyl groups excluding tert-OH is 1. The van der Waals surface area contributed by atoms with Gasteiger partial charge in [-0.15, -0.1) is 0 Å². The second-order valence-electron chi connectivity index (χ2n) is 5.15. The lowest BCUT2D eigenvalue weighted by atomic mass is 9.93. The van der Waals surface area contributed by atoms with E-state index >= 15 is 0 Å². The van der Waals surface area contributed by atoms with E-state index in [0.29, 0.717) is 12.5 Å². The van der Waals surface area contributed by atoms with Crippen LogP contribution in [0.1, 0.15) is 42.1 Å². The first kappa shape index (κ1) is 11.2. The van der Waals surface area contributed by atoms with E-state index in [-0.39, 0.29) is 6.61 Å². The Morgan fingerprint density at radius 3 is 3.06 bits per heavy atom. The zero-order valence-electron chi connectivity index (χ0n) is 10.3. The molecule has 94 valence electrons. The summed E-state index contributed by atoms with van der Waals surface area (Å²) in [4.78, 5) is 0. The van der Waals surface area contributed by atoms with Crippen LogP contribution in [0, 0.1) is 0 Å². The molecule has 0 bridgehead atoms. The van der Waals surface area contributed by atoms with Gasteiger partial charge in [0.1, 0.15) is 0 Å². The van der Waals surface area contributed by atoms with Crippen molar-refractivity contribution in [3.63, 3.8) is 0 Å². The van der Waals surface area contributed by atoms with Gasteiger partial charge in [-0.1, -0.05) is 0 Å². The second kappa shape index (κ2) is 4.78. The molecule has 2 N–H and O–H groups in total. The minimum absolute atomic E-state index is 0.191. The molecule has 1 fully saturated rings. The predicted octanol–water partition coefficient (Wildman–Crippen LogP) is 0.831. The Morgan fingerprint density at radius 1 is 1.35 bits per heavy atom. The van der Waals surface area contributed by atoms with E-state index in [9.17, 15) is 0 Å². The molecule has 2 aliphatic rings. The lowest BCUT2D eigenvalue weighted by molar-refractivity contribution is 0.266. The maximum absolute atomic E-state index is 9.10. The van der Waals surface area contributed by atoms with Gasteiger partial charge in [0.05, 0.1) is 18.8 Å². The van der Waals surface area contributed by atoms with Crippen LogP contribution in [0.2, 0.25) is 0 Å². The number of aliphatic hydroxyl groups is 1. The van der Waals surface area contributed by atoms with Crippen LogP contribution in [-0.4, -0.2) is 34.6 Å². The fourth-order valence-corrected chi connectivity index (χ4v) is 3.23. The third-order valence-corrected chi connectivity index (χ3v) is 4.03.